The predicted octanol–water partition coefficient (Wildman–Crippen LogP) is 9.67. The predicted molar refractivity (Wildman–Crippen MR) is 256 cm³/mol. The summed E-state index contributed by atoms with van der Waals surface area (Å²) >= 11 is 0. The Morgan fingerprint density at radius 1 is 0.641 bits per heavy atom. The lowest BCUT2D eigenvalue weighted by Crippen LogP contribution is -2.80. The molecule has 2 fully saturated rings. The summed E-state index contributed by atoms with van der Waals surface area (Å²) in [6.45, 7) is 32.6. The maximum atomic E-state index is 14.6. The van der Waals surface area contributed by atoms with Crippen molar-refractivity contribution in [3.8, 4) is 0 Å². The molecular weight excluding hydrogens is 885 g/mol. The molecule has 358 valence electrons. The summed E-state index contributed by atoms with van der Waals surface area (Å²) in [6.07, 6.45) is -4.48. The third-order valence-electron chi connectivity index (χ3n) is 10.2. The first-order chi connectivity index (χ1) is 29.3. The van der Waals surface area contributed by atoms with Gasteiger partial charge in [-0.25, -0.2) is 9.59 Å². The number of hydrogen-bond acceptors (Lipinski definition) is 12. The smallest absolute Gasteiger partial charge is 0.410 e. The van der Waals surface area contributed by atoms with Crippen LogP contribution in [0.25, 0.3) is 0 Å². The number of carbonyl (C=O) groups excluding carboxylic acids is 2. The Balaban J connectivity index is 1.76. The van der Waals surface area contributed by atoms with Gasteiger partial charge < -0.3 is 55.9 Å². The van der Waals surface area contributed by atoms with Crippen LogP contribution in [0, 0.1) is 0 Å². The van der Waals surface area contributed by atoms with Crippen molar-refractivity contribution in [2.75, 3.05) is 14.1 Å². The molecule has 64 heavy (non-hydrogen) atoms. The number of carbonyl (C=O) groups is 2. The summed E-state index contributed by atoms with van der Waals surface area (Å²) in [5, 5.41) is 0. The number of hydrogen-bond donors (Lipinski definition) is 0. The first kappa shape index (κ1) is 52.1. The van der Waals surface area contributed by atoms with E-state index in [9.17, 15) is 9.59 Å². The third kappa shape index (κ3) is 13.6. The van der Waals surface area contributed by atoms with E-state index in [1.807, 2.05) is 88.4 Å². The van der Waals surface area contributed by atoms with Crippen LogP contribution in [0.15, 0.2) is 72.5 Å². The first-order valence-corrected chi connectivity index (χ1v) is 36.0. The second-order valence-corrected chi connectivity index (χ2v) is 39.9. The van der Waals surface area contributed by atoms with Crippen LogP contribution in [0.4, 0.5) is 9.59 Å². The van der Waals surface area contributed by atoms with Crippen LogP contribution in [-0.2, 0) is 59.3 Å². The highest BCUT2D eigenvalue weighted by atomic mass is 28.4. The van der Waals surface area contributed by atoms with Crippen molar-refractivity contribution < 1.29 is 55.7 Å². The van der Waals surface area contributed by atoms with E-state index >= 15 is 0 Å². The third-order valence-corrected chi connectivity index (χ3v) is 13.9. The molecule has 9 atom stereocenters. The van der Waals surface area contributed by atoms with Crippen LogP contribution >= 0.6 is 0 Å². The number of amides is 2. The molecule has 3 aliphatic rings. The van der Waals surface area contributed by atoms with Gasteiger partial charge in [0, 0.05) is 20.2 Å². The van der Waals surface area contributed by atoms with E-state index in [0.29, 0.717) is 5.76 Å². The lowest BCUT2D eigenvalue weighted by Gasteiger charge is -2.62. The van der Waals surface area contributed by atoms with E-state index in [1.54, 1.807) is 20.2 Å². The Labute approximate surface area is 386 Å². The van der Waals surface area contributed by atoms with Crippen molar-refractivity contribution in [2.45, 2.75) is 179 Å². The summed E-state index contributed by atoms with van der Waals surface area (Å²) in [5.41, 5.74) is 1.01. The fourth-order valence-corrected chi connectivity index (χ4v) is 12.5. The van der Waals surface area contributed by atoms with Gasteiger partial charge in [-0.05, 0) is 117 Å². The molecular formula is C46H76N2O12Si4. The maximum Gasteiger partial charge on any atom is 0.410 e. The number of rotatable bonds is 15. The minimum atomic E-state index is -2.60. The minimum Gasteiger partial charge on any atom is -0.543 e. The number of likely N-dealkylation sites (N-methyl/N-ethyl adjacent to an activating group) is 2. The highest BCUT2D eigenvalue weighted by Gasteiger charge is 2.69. The molecule has 2 aromatic carbocycles. The fraction of sp³-hybridized carbons (Fsp3) is 0.652. The molecule has 0 radical (unpaired) electrons. The van der Waals surface area contributed by atoms with Crippen molar-refractivity contribution in [1.29, 1.82) is 0 Å². The largest absolute Gasteiger partial charge is 0.543 e. The standard InChI is InChI=1S/C46H76N2O12Si4/c1-44(2,3)59-45(4)29-34(56-61(7,8)9)46(60-64(16,17)18)41(55-45)53-40-38(54-46)35(47(5)42(49)51-30-32-25-21-19-22-26-32)37(57-62(10,11)12)36(39(40)58-63(13,14)15)48(6)43(50)52-31-33-27-23-20-24-28-33/h19-29,35-41H,30-31H2,1-18H3/t35-,36+,37+,38+,39-,40-,41+,45-,46+/m0/s1. The summed E-state index contributed by atoms with van der Waals surface area (Å²) in [5.74, 6) is -2.75. The van der Waals surface area contributed by atoms with E-state index in [0.717, 1.165) is 11.1 Å². The topological polar surface area (TPSA) is 133 Å². The van der Waals surface area contributed by atoms with Crippen LogP contribution in [0.1, 0.15) is 38.8 Å². The second-order valence-electron chi connectivity index (χ2n) is 22.1. The van der Waals surface area contributed by atoms with E-state index in [4.69, 9.17) is 46.1 Å². The summed E-state index contributed by atoms with van der Waals surface area (Å²) in [4.78, 5) is 32.1. The van der Waals surface area contributed by atoms with Gasteiger partial charge >= 0.3 is 12.2 Å². The fourth-order valence-electron chi connectivity index (χ4n) is 8.33. The van der Waals surface area contributed by atoms with Gasteiger partial charge in [0.15, 0.2) is 30.7 Å². The normalized spacial score (nSPS) is 28.8. The number of benzene rings is 2. The second kappa shape index (κ2) is 19.4. The number of nitrogens with zero attached hydrogens (tertiary/aromatic N) is 2. The molecule has 0 spiro atoms. The molecule has 14 nitrogen and oxygen atoms in total. The summed E-state index contributed by atoms with van der Waals surface area (Å²) in [7, 11) is -6.74. The average molecular weight is 961 g/mol. The van der Waals surface area contributed by atoms with E-state index < -0.39 is 105 Å². The Morgan fingerprint density at radius 3 is 1.55 bits per heavy atom. The van der Waals surface area contributed by atoms with Gasteiger partial charge in [-0.2, -0.15) is 0 Å². The molecule has 5 rings (SSSR count). The molecule has 2 aliphatic heterocycles. The van der Waals surface area contributed by atoms with Gasteiger partial charge in [0.1, 0.15) is 31.2 Å². The van der Waals surface area contributed by atoms with E-state index in [2.05, 4.69) is 78.6 Å². The molecule has 2 aromatic rings. The SMILES string of the molecule is CN(C(=O)OCc1ccccc1)[C@@H]1[C@H](O[Si](C)(C)C)[C@H](N(C)C(=O)OCc2ccccc2)[C@H]2O[C@@]3(O[Si](C)(C)C)C(O[Si](C)(C)C)=C[C@](C)(OC(C)(C)C)O[C@H]3O[C@@H]2[C@H]1O[Si](C)(C)C. The Hall–Kier alpha value is -2.89. The van der Waals surface area contributed by atoms with Crippen LogP contribution in [0.2, 0.25) is 78.6 Å². The van der Waals surface area contributed by atoms with Crippen LogP contribution in [0.3, 0.4) is 0 Å². The molecule has 2 amide bonds. The zero-order chi connectivity index (χ0) is 47.8. The molecule has 1 saturated heterocycles. The summed E-state index contributed by atoms with van der Waals surface area (Å²) in [6, 6.07) is 17.2. The molecule has 0 N–H and O–H groups in total. The van der Waals surface area contributed by atoms with E-state index in [-0.39, 0.29) is 13.2 Å². The molecule has 0 unspecified atom stereocenters. The van der Waals surface area contributed by atoms with Crippen LogP contribution < -0.4 is 0 Å². The van der Waals surface area contributed by atoms with Gasteiger partial charge in [0.05, 0.1) is 29.9 Å². The zero-order valence-electron chi connectivity index (χ0n) is 41.6. The highest BCUT2D eigenvalue weighted by Crippen LogP contribution is 2.51. The zero-order valence-corrected chi connectivity index (χ0v) is 45.6. The van der Waals surface area contributed by atoms with Gasteiger partial charge in [-0.1, -0.05) is 60.7 Å². The van der Waals surface area contributed by atoms with Crippen LogP contribution in [-0.4, -0.2) is 129 Å². The summed E-state index contributed by atoms with van der Waals surface area (Å²) < 4.78 is 69.3. The quantitative estimate of drug-likeness (QED) is 0.158. The van der Waals surface area contributed by atoms with Gasteiger partial charge in [-0.15, -0.1) is 0 Å². The molecule has 0 aromatic heterocycles. The molecule has 1 saturated carbocycles. The first-order valence-electron chi connectivity index (χ1n) is 22.4. The monoisotopic (exact) mass is 960 g/mol. The van der Waals surface area contributed by atoms with Crippen molar-refractivity contribution in [1.82, 2.24) is 9.80 Å². The molecule has 1 aliphatic carbocycles. The van der Waals surface area contributed by atoms with Crippen molar-refractivity contribution >= 4 is 45.5 Å². The van der Waals surface area contributed by atoms with Crippen LogP contribution in [0.5, 0.6) is 0 Å². The lowest BCUT2D eigenvalue weighted by molar-refractivity contribution is -0.451. The van der Waals surface area contributed by atoms with Gasteiger partial charge in [-0.3, -0.25) is 0 Å². The Bertz CT molecular complexity index is 1930. The minimum absolute atomic E-state index is 0.0279. The van der Waals surface area contributed by atoms with Crippen molar-refractivity contribution in [2.24, 2.45) is 0 Å². The number of ether oxygens (including phenoxy) is 6. The maximum absolute atomic E-state index is 14.6. The Morgan fingerprint density at radius 2 is 1.11 bits per heavy atom. The molecule has 18 heteroatoms. The van der Waals surface area contributed by atoms with Crippen molar-refractivity contribution in [3.63, 3.8) is 0 Å². The van der Waals surface area contributed by atoms with E-state index in [1.165, 1.54) is 9.80 Å². The van der Waals surface area contributed by atoms with Gasteiger partial charge in [0.2, 0.25) is 14.6 Å². The molecule has 0 bridgehead atoms. The highest BCUT2D eigenvalue weighted by molar-refractivity contribution is 6.71. The van der Waals surface area contributed by atoms with Gasteiger partial charge in [0.25, 0.3) is 5.79 Å². The average Bonchev–Trinajstić information content (AvgIpc) is 3.13. The number of fused-ring (bicyclic) bond motifs is 2. The Kier molecular flexibility index (Phi) is 15.8. The van der Waals surface area contributed by atoms with Crippen molar-refractivity contribution in [3.05, 3.63) is 83.6 Å². The lowest BCUT2D eigenvalue weighted by atomic mass is 9.79. The molecule has 2 heterocycles.